The lowest BCUT2D eigenvalue weighted by Gasteiger charge is -2.23. The maximum atomic E-state index is 13.6. The SMILES string of the molecule is CN(CC1CCCO1)c1cc(F)cc(/C=C/C(=O)O)c1. The van der Waals surface area contributed by atoms with Crippen LogP contribution < -0.4 is 4.90 Å². The van der Waals surface area contributed by atoms with Gasteiger partial charge in [-0.25, -0.2) is 9.18 Å². The standard InChI is InChI=1S/C15H18FNO3/c1-17(10-14-3-2-6-20-14)13-8-11(4-5-15(18)19)7-12(16)9-13/h4-5,7-9,14H,2-3,6,10H2,1H3,(H,18,19)/b5-4+. The molecule has 5 heteroatoms. The minimum atomic E-state index is -1.05. The first-order valence-corrected chi connectivity index (χ1v) is 6.59. The molecule has 1 N–H and O–H groups in total. The molecule has 1 aromatic carbocycles. The summed E-state index contributed by atoms with van der Waals surface area (Å²) in [5, 5.41) is 8.60. The molecule has 2 rings (SSSR count). The number of likely N-dealkylation sites (N-methyl/N-ethyl adjacent to an activating group) is 1. The van der Waals surface area contributed by atoms with Gasteiger partial charge in [-0.15, -0.1) is 0 Å². The fraction of sp³-hybridized carbons (Fsp3) is 0.400. The largest absolute Gasteiger partial charge is 0.478 e. The topological polar surface area (TPSA) is 49.8 Å². The zero-order valence-electron chi connectivity index (χ0n) is 11.4. The number of nitrogens with zero attached hydrogens (tertiary/aromatic N) is 1. The van der Waals surface area contributed by atoms with Crippen LogP contribution in [0.5, 0.6) is 0 Å². The molecule has 1 atom stereocenters. The maximum Gasteiger partial charge on any atom is 0.328 e. The summed E-state index contributed by atoms with van der Waals surface area (Å²) in [6.45, 7) is 1.49. The van der Waals surface area contributed by atoms with E-state index in [1.54, 1.807) is 6.07 Å². The van der Waals surface area contributed by atoms with Gasteiger partial charge in [-0.3, -0.25) is 0 Å². The zero-order valence-corrected chi connectivity index (χ0v) is 11.4. The molecule has 0 saturated carbocycles. The number of carboxylic acids is 1. The van der Waals surface area contributed by atoms with Crippen LogP contribution in [0, 0.1) is 5.82 Å². The summed E-state index contributed by atoms with van der Waals surface area (Å²) < 4.78 is 19.1. The third-order valence-corrected chi connectivity index (χ3v) is 3.27. The van der Waals surface area contributed by atoms with Gasteiger partial charge in [0.1, 0.15) is 5.82 Å². The molecule has 1 fully saturated rings. The van der Waals surface area contributed by atoms with Crippen molar-refractivity contribution in [3.8, 4) is 0 Å². The van der Waals surface area contributed by atoms with Gasteiger partial charge in [-0.1, -0.05) is 0 Å². The van der Waals surface area contributed by atoms with Gasteiger partial charge in [0.15, 0.2) is 0 Å². The molecule has 1 unspecified atom stereocenters. The Morgan fingerprint density at radius 3 is 3.00 bits per heavy atom. The van der Waals surface area contributed by atoms with Crippen LogP contribution in [-0.2, 0) is 9.53 Å². The average Bonchev–Trinajstić information content (AvgIpc) is 2.88. The van der Waals surface area contributed by atoms with E-state index in [0.717, 1.165) is 25.5 Å². The number of benzene rings is 1. The highest BCUT2D eigenvalue weighted by Crippen LogP contribution is 2.21. The van der Waals surface area contributed by atoms with Crippen LogP contribution in [0.4, 0.5) is 10.1 Å². The minimum absolute atomic E-state index is 0.182. The Labute approximate surface area is 117 Å². The van der Waals surface area contributed by atoms with E-state index in [-0.39, 0.29) is 11.9 Å². The quantitative estimate of drug-likeness (QED) is 0.841. The first-order chi connectivity index (χ1) is 9.54. The van der Waals surface area contributed by atoms with Gasteiger partial charge < -0.3 is 14.7 Å². The van der Waals surface area contributed by atoms with Crippen LogP contribution in [-0.4, -0.2) is 37.4 Å². The van der Waals surface area contributed by atoms with Crippen molar-refractivity contribution in [1.82, 2.24) is 0 Å². The molecule has 4 nitrogen and oxygen atoms in total. The van der Waals surface area contributed by atoms with Crippen molar-refractivity contribution in [1.29, 1.82) is 0 Å². The van der Waals surface area contributed by atoms with E-state index in [4.69, 9.17) is 9.84 Å². The van der Waals surface area contributed by atoms with E-state index >= 15 is 0 Å². The second kappa shape index (κ2) is 6.52. The van der Waals surface area contributed by atoms with Crippen molar-refractivity contribution in [2.24, 2.45) is 0 Å². The molecular weight excluding hydrogens is 261 g/mol. The first kappa shape index (κ1) is 14.5. The average molecular weight is 279 g/mol. The molecule has 0 spiro atoms. The minimum Gasteiger partial charge on any atom is -0.478 e. The van der Waals surface area contributed by atoms with Crippen LogP contribution in [0.1, 0.15) is 18.4 Å². The van der Waals surface area contributed by atoms with Crippen molar-refractivity contribution < 1.29 is 19.0 Å². The number of halogens is 1. The number of carbonyl (C=O) groups is 1. The molecule has 0 radical (unpaired) electrons. The highest BCUT2D eigenvalue weighted by atomic mass is 19.1. The molecule has 0 aliphatic carbocycles. The second-order valence-corrected chi connectivity index (χ2v) is 4.93. The van der Waals surface area contributed by atoms with Crippen LogP contribution in [0.15, 0.2) is 24.3 Å². The molecule has 20 heavy (non-hydrogen) atoms. The lowest BCUT2D eigenvalue weighted by atomic mass is 10.1. The molecule has 0 aromatic heterocycles. The summed E-state index contributed by atoms with van der Waals surface area (Å²) in [6, 6.07) is 4.51. The number of anilines is 1. The van der Waals surface area contributed by atoms with E-state index in [9.17, 15) is 9.18 Å². The van der Waals surface area contributed by atoms with Crippen LogP contribution >= 0.6 is 0 Å². The van der Waals surface area contributed by atoms with Crippen molar-refractivity contribution in [2.45, 2.75) is 18.9 Å². The van der Waals surface area contributed by atoms with Gasteiger partial charge in [0.05, 0.1) is 6.10 Å². The highest BCUT2D eigenvalue weighted by molar-refractivity contribution is 5.85. The Kier molecular flexibility index (Phi) is 4.74. The Bertz CT molecular complexity index is 510. The molecular formula is C15H18FNO3. The Morgan fingerprint density at radius 2 is 2.35 bits per heavy atom. The van der Waals surface area contributed by atoms with E-state index in [0.29, 0.717) is 17.8 Å². The van der Waals surface area contributed by atoms with Gasteiger partial charge in [0, 0.05) is 32.0 Å². The summed E-state index contributed by atoms with van der Waals surface area (Å²) in [5.74, 6) is -1.43. The molecule has 1 aliphatic rings. The molecule has 1 saturated heterocycles. The fourth-order valence-electron chi connectivity index (χ4n) is 2.28. The van der Waals surface area contributed by atoms with E-state index in [1.165, 1.54) is 18.2 Å². The van der Waals surface area contributed by atoms with Crippen molar-refractivity contribution >= 4 is 17.7 Å². The molecule has 1 aliphatic heterocycles. The van der Waals surface area contributed by atoms with E-state index in [1.807, 2.05) is 11.9 Å². The van der Waals surface area contributed by atoms with Gasteiger partial charge in [-0.2, -0.15) is 0 Å². The third-order valence-electron chi connectivity index (χ3n) is 3.27. The number of hydrogen-bond donors (Lipinski definition) is 1. The number of carboxylic acid groups (broad SMARTS) is 1. The molecule has 0 bridgehead atoms. The Hall–Kier alpha value is -1.88. The van der Waals surface area contributed by atoms with Crippen LogP contribution in [0.25, 0.3) is 6.08 Å². The summed E-state index contributed by atoms with van der Waals surface area (Å²) in [5.41, 5.74) is 1.24. The number of hydrogen-bond acceptors (Lipinski definition) is 3. The monoisotopic (exact) mass is 279 g/mol. The maximum absolute atomic E-state index is 13.6. The second-order valence-electron chi connectivity index (χ2n) is 4.93. The number of ether oxygens (including phenoxy) is 1. The Morgan fingerprint density at radius 1 is 1.55 bits per heavy atom. The zero-order chi connectivity index (χ0) is 14.5. The van der Waals surface area contributed by atoms with Gasteiger partial charge >= 0.3 is 5.97 Å². The number of aliphatic carboxylic acids is 1. The normalized spacial score (nSPS) is 18.6. The van der Waals surface area contributed by atoms with Crippen molar-refractivity contribution in [3.63, 3.8) is 0 Å². The van der Waals surface area contributed by atoms with E-state index < -0.39 is 5.97 Å². The molecule has 0 amide bonds. The summed E-state index contributed by atoms with van der Waals surface area (Å²) in [6.07, 6.45) is 4.65. The predicted octanol–water partition coefficient (Wildman–Crippen LogP) is 2.54. The first-order valence-electron chi connectivity index (χ1n) is 6.59. The molecule has 1 heterocycles. The van der Waals surface area contributed by atoms with Crippen molar-refractivity contribution in [3.05, 3.63) is 35.7 Å². The molecule has 108 valence electrons. The highest BCUT2D eigenvalue weighted by Gasteiger charge is 2.18. The van der Waals surface area contributed by atoms with Crippen LogP contribution in [0.2, 0.25) is 0 Å². The number of rotatable bonds is 5. The van der Waals surface area contributed by atoms with E-state index in [2.05, 4.69) is 0 Å². The smallest absolute Gasteiger partial charge is 0.328 e. The lowest BCUT2D eigenvalue weighted by Crippen LogP contribution is -2.28. The Balaban J connectivity index is 2.11. The van der Waals surface area contributed by atoms with Crippen molar-refractivity contribution in [2.75, 3.05) is 25.1 Å². The summed E-state index contributed by atoms with van der Waals surface area (Å²) in [4.78, 5) is 12.4. The van der Waals surface area contributed by atoms with Crippen LogP contribution in [0.3, 0.4) is 0 Å². The lowest BCUT2D eigenvalue weighted by molar-refractivity contribution is -0.131. The van der Waals surface area contributed by atoms with Gasteiger partial charge in [0.25, 0.3) is 0 Å². The van der Waals surface area contributed by atoms with Gasteiger partial charge in [-0.05, 0) is 42.7 Å². The summed E-state index contributed by atoms with van der Waals surface area (Å²) >= 11 is 0. The van der Waals surface area contributed by atoms with Gasteiger partial charge in [0.2, 0.25) is 0 Å². The predicted molar refractivity (Wildman–Crippen MR) is 75.3 cm³/mol. The fourth-order valence-corrected chi connectivity index (χ4v) is 2.28. The summed E-state index contributed by atoms with van der Waals surface area (Å²) in [7, 11) is 1.88. The molecule has 1 aromatic rings. The third kappa shape index (κ3) is 4.06.